The number of aromatic nitrogens is 1. The van der Waals surface area contributed by atoms with E-state index in [0.29, 0.717) is 17.3 Å². The first-order valence-corrected chi connectivity index (χ1v) is 4.20. The van der Waals surface area contributed by atoms with Crippen LogP contribution in [0.15, 0.2) is 34.9 Å². The van der Waals surface area contributed by atoms with E-state index in [-0.39, 0.29) is 5.82 Å². The van der Waals surface area contributed by atoms with Crippen molar-refractivity contribution in [3.63, 3.8) is 0 Å². The molecule has 14 heavy (non-hydrogen) atoms. The van der Waals surface area contributed by atoms with E-state index < -0.39 is 0 Å². The molecular formula is C10H9FN2O. The van der Waals surface area contributed by atoms with E-state index in [9.17, 15) is 4.39 Å². The minimum atomic E-state index is -0.314. The van der Waals surface area contributed by atoms with Crippen molar-refractivity contribution < 1.29 is 8.81 Å². The van der Waals surface area contributed by atoms with Crippen LogP contribution in [0.3, 0.4) is 0 Å². The maximum absolute atomic E-state index is 13.3. The van der Waals surface area contributed by atoms with Crippen molar-refractivity contribution in [2.45, 2.75) is 0 Å². The average molecular weight is 192 g/mol. The Labute approximate surface area is 80.6 Å². The molecule has 0 saturated heterocycles. The van der Waals surface area contributed by atoms with E-state index in [1.807, 2.05) is 0 Å². The molecule has 1 heterocycles. The normalized spacial score (nSPS) is 10.1. The maximum atomic E-state index is 13.3. The van der Waals surface area contributed by atoms with Crippen LogP contribution in [0.4, 0.5) is 10.4 Å². The molecule has 2 aromatic rings. The maximum Gasteiger partial charge on any atom is 0.294 e. The van der Waals surface area contributed by atoms with Crippen molar-refractivity contribution in [1.29, 1.82) is 0 Å². The van der Waals surface area contributed by atoms with Crippen molar-refractivity contribution in [1.82, 2.24) is 4.98 Å². The molecule has 0 fully saturated rings. The Morgan fingerprint density at radius 2 is 2.14 bits per heavy atom. The number of nitrogens with zero attached hydrogens (tertiary/aromatic N) is 1. The Hall–Kier alpha value is -1.84. The van der Waals surface area contributed by atoms with Crippen LogP contribution in [0.2, 0.25) is 0 Å². The van der Waals surface area contributed by atoms with Crippen molar-refractivity contribution in [3.8, 4) is 11.3 Å². The second-order valence-corrected chi connectivity index (χ2v) is 2.76. The van der Waals surface area contributed by atoms with Gasteiger partial charge in [-0.25, -0.2) is 9.37 Å². The van der Waals surface area contributed by atoms with Gasteiger partial charge < -0.3 is 9.73 Å². The average Bonchev–Trinajstić information content (AvgIpc) is 2.67. The van der Waals surface area contributed by atoms with Crippen LogP contribution >= 0.6 is 0 Å². The lowest BCUT2D eigenvalue weighted by atomic mass is 10.2. The van der Waals surface area contributed by atoms with Gasteiger partial charge in [0.05, 0.1) is 11.8 Å². The lowest BCUT2D eigenvalue weighted by Crippen LogP contribution is -1.85. The van der Waals surface area contributed by atoms with Crippen LogP contribution < -0.4 is 5.32 Å². The molecule has 1 aromatic carbocycles. The van der Waals surface area contributed by atoms with Gasteiger partial charge in [0.15, 0.2) is 5.76 Å². The molecule has 0 aliphatic heterocycles. The molecule has 0 aliphatic rings. The van der Waals surface area contributed by atoms with Crippen LogP contribution in [0.1, 0.15) is 0 Å². The van der Waals surface area contributed by atoms with Gasteiger partial charge in [-0.05, 0) is 12.1 Å². The molecule has 0 spiro atoms. The molecule has 1 aromatic heterocycles. The number of oxazole rings is 1. The van der Waals surface area contributed by atoms with Gasteiger partial charge in [0, 0.05) is 7.05 Å². The van der Waals surface area contributed by atoms with Crippen molar-refractivity contribution >= 4 is 6.01 Å². The van der Waals surface area contributed by atoms with E-state index in [4.69, 9.17) is 4.42 Å². The summed E-state index contributed by atoms with van der Waals surface area (Å²) in [5, 5.41) is 2.74. The molecular weight excluding hydrogens is 183 g/mol. The highest BCUT2D eigenvalue weighted by molar-refractivity contribution is 5.58. The second kappa shape index (κ2) is 3.49. The first kappa shape index (κ1) is 8.74. The molecule has 0 unspecified atom stereocenters. The van der Waals surface area contributed by atoms with E-state index in [2.05, 4.69) is 10.3 Å². The molecule has 0 radical (unpaired) electrons. The molecule has 2 rings (SSSR count). The fourth-order valence-electron chi connectivity index (χ4n) is 1.18. The van der Waals surface area contributed by atoms with E-state index in [1.54, 1.807) is 25.2 Å². The van der Waals surface area contributed by atoms with Crippen LogP contribution in [-0.4, -0.2) is 12.0 Å². The number of nitrogens with one attached hydrogen (secondary N) is 1. The number of anilines is 1. The third-order valence-electron chi connectivity index (χ3n) is 1.86. The Kier molecular flexibility index (Phi) is 2.18. The highest BCUT2D eigenvalue weighted by Gasteiger charge is 2.08. The summed E-state index contributed by atoms with van der Waals surface area (Å²) in [6.07, 6.45) is 1.49. The Morgan fingerprint density at radius 1 is 1.36 bits per heavy atom. The fourth-order valence-corrected chi connectivity index (χ4v) is 1.18. The second-order valence-electron chi connectivity index (χ2n) is 2.76. The Morgan fingerprint density at radius 3 is 2.79 bits per heavy atom. The zero-order chi connectivity index (χ0) is 9.97. The third-order valence-corrected chi connectivity index (χ3v) is 1.86. The van der Waals surface area contributed by atoms with Gasteiger partial charge in [-0.3, -0.25) is 0 Å². The quantitative estimate of drug-likeness (QED) is 0.794. The first-order valence-electron chi connectivity index (χ1n) is 4.20. The van der Waals surface area contributed by atoms with Gasteiger partial charge in [-0.1, -0.05) is 12.1 Å². The van der Waals surface area contributed by atoms with Gasteiger partial charge in [-0.2, -0.15) is 0 Å². The lowest BCUT2D eigenvalue weighted by molar-refractivity contribution is 0.576. The molecule has 0 bridgehead atoms. The number of benzene rings is 1. The summed E-state index contributed by atoms with van der Waals surface area (Å²) in [6, 6.07) is 6.80. The van der Waals surface area contributed by atoms with Gasteiger partial charge >= 0.3 is 0 Å². The van der Waals surface area contributed by atoms with E-state index in [1.165, 1.54) is 12.3 Å². The van der Waals surface area contributed by atoms with Crippen LogP contribution in [0.25, 0.3) is 11.3 Å². The molecule has 0 amide bonds. The number of hydrogen-bond acceptors (Lipinski definition) is 3. The topological polar surface area (TPSA) is 38.1 Å². The smallest absolute Gasteiger partial charge is 0.294 e. The molecule has 72 valence electrons. The molecule has 3 nitrogen and oxygen atoms in total. The standard InChI is InChI=1S/C10H9FN2O/c1-12-10-13-6-9(14-10)7-4-2-3-5-8(7)11/h2-6H,1H3,(H,12,13). The lowest BCUT2D eigenvalue weighted by Gasteiger charge is -1.96. The summed E-state index contributed by atoms with van der Waals surface area (Å²) >= 11 is 0. The monoisotopic (exact) mass is 192 g/mol. The van der Waals surface area contributed by atoms with Gasteiger partial charge in [0.1, 0.15) is 5.82 Å². The molecule has 0 aliphatic carbocycles. The predicted octanol–water partition coefficient (Wildman–Crippen LogP) is 2.52. The summed E-state index contributed by atoms with van der Waals surface area (Å²) in [5.74, 6) is 0.110. The van der Waals surface area contributed by atoms with Crippen LogP contribution in [0.5, 0.6) is 0 Å². The summed E-state index contributed by atoms with van der Waals surface area (Å²) in [6.45, 7) is 0. The highest BCUT2D eigenvalue weighted by atomic mass is 19.1. The van der Waals surface area contributed by atoms with Crippen LogP contribution in [-0.2, 0) is 0 Å². The number of hydrogen-bond donors (Lipinski definition) is 1. The third kappa shape index (κ3) is 1.46. The summed E-state index contributed by atoms with van der Waals surface area (Å²) in [5.41, 5.74) is 0.418. The molecule has 0 atom stereocenters. The Bertz CT molecular complexity index is 439. The summed E-state index contributed by atoms with van der Waals surface area (Å²) in [7, 11) is 1.69. The van der Waals surface area contributed by atoms with Crippen molar-refractivity contribution in [2.75, 3.05) is 12.4 Å². The van der Waals surface area contributed by atoms with E-state index >= 15 is 0 Å². The largest absolute Gasteiger partial charge is 0.423 e. The molecule has 1 N–H and O–H groups in total. The van der Waals surface area contributed by atoms with E-state index in [0.717, 1.165) is 0 Å². The van der Waals surface area contributed by atoms with Gasteiger partial charge in [-0.15, -0.1) is 0 Å². The summed E-state index contributed by atoms with van der Waals surface area (Å²) < 4.78 is 18.5. The minimum Gasteiger partial charge on any atom is -0.423 e. The van der Waals surface area contributed by atoms with Crippen molar-refractivity contribution in [2.24, 2.45) is 0 Å². The zero-order valence-electron chi connectivity index (χ0n) is 7.62. The SMILES string of the molecule is CNc1ncc(-c2ccccc2F)o1. The first-order chi connectivity index (χ1) is 6.81. The van der Waals surface area contributed by atoms with Crippen molar-refractivity contribution in [3.05, 3.63) is 36.3 Å². The summed E-state index contributed by atoms with van der Waals surface area (Å²) in [4.78, 5) is 3.91. The fraction of sp³-hybridized carbons (Fsp3) is 0.100. The Balaban J connectivity index is 2.44. The van der Waals surface area contributed by atoms with Crippen LogP contribution in [0, 0.1) is 5.82 Å². The highest BCUT2D eigenvalue weighted by Crippen LogP contribution is 2.24. The minimum absolute atomic E-state index is 0.314. The van der Waals surface area contributed by atoms with Gasteiger partial charge in [0.25, 0.3) is 6.01 Å². The zero-order valence-corrected chi connectivity index (χ0v) is 7.62. The van der Waals surface area contributed by atoms with Gasteiger partial charge in [0.2, 0.25) is 0 Å². The molecule has 0 saturated carbocycles. The number of rotatable bonds is 2. The predicted molar refractivity (Wildman–Crippen MR) is 51.4 cm³/mol. The number of halogens is 1. The molecule has 4 heteroatoms.